The van der Waals surface area contributed by atoms with Gasteiger partial charge in [0.25, 0.3) is 0 Å². The molecule has 4 rings (SSSR count). The predicted octanol–water partition coefficient (Wildman–Crippen LogP) is 3.84. The average Bonchev–Trinajstić information content (AvgIpc) is 3.09. The second-order valence-corrected chi connectivity index (χ2v) is 7.53. The molecule has 1 aromatic carbocycles. The Balaban J connectivity index is 1.38. The molecule has 0 radical (unpaired) electrons. The molecule has 1 saturated heterocycles. The Morgan fingerprint density at radius 3 is 2.62 bits per heavy atom. The molecule has 3 heterocycles. The van der Waals surface area contributed by atoms with Crippen LogP contribution in [0.3, 0.4) is 0 Å². The maximum absolute atomic E-state index is 12.6. The van der Waals surface area contributed by atoms with Crippen LogP contribution in [0.1, 0.15) is 12.8 Å². The van der Waals surface area contributed by atoms with Gasteiger partial charge in [-0.2, -0.15) is 0 Å². The normalized spacial score (nSPS) is 15.5. The number of nitrogens with zero attached hydrogens (tertiary/aromatic N) is 4. The van der Waals surface area contributed by atoms with Crippen LogP contribution in [0.15, 0.2) is 36.7 Å². The molecule has 1 aliphatic heterocycles. The number of alkyl halides is 3. The Kier molecular flexibility index (Phi) is 5.22. The van der Waals surface area contributed by atoms with Crippen molar-refractivity contribution >= 4 is 38.5 Å². The summed E-state index contributed by atoms with van der Waals surface area (Å²) in [6.07, 6.45) is -0.0922. The summed E-state index contributed by atoms with van der Waals surface area (Å²) >= 11 is 1.11. The Bertz CT molecular complexity index is 1000. The number of piperidine rings is 1. The van der Waals surface area contributed by atoms with E-state index in [1.54, 1.807) is 18.5 Å². The van der Waals surface area contributed by atoms with E-state index in [4.69, 9.17) is 0 Å². The third kappa shape index (κ3) is 4.73. The van der Waals surface area contributed by atoms with Crippen LogP contribution in [0.25, 0.3) is 10.2 Å². The first-order chi connectivity index (χ1) is 13.9. The number of rotatable bonds is 4. The van der Waals surface area contributed by atoms with Crippen molar-refractivity contribution in [1.82, 2.24) is 15.0 Å². The molecule has 0 aliphatic carbocycles. The second kappa shape index (κ2) is 7.82. The fraction of sp³-hybridized carbons (Fsp3) is 0.333. The second-order valence-electron chi connectivity index (χ2n) is 6.50. The number of carbonyl (C=O) groups is 1. The van der Waals surface area contributed by atoms with Crippen molar-refractivity contribution in [3.8, 4) is 5.75 Å². The van der Waals surface area contributed by atoms with Crippen molar-refractivity contribution in [1.29, 1.82) is 0 Å². The summed E-state index contributed by atoms with van der Waals surface area (Å²) < 4.78 is 41.5. The first-order valence-electron chi connectivity index (χ1n) is 8.86. The molecule has 1 amide bonds. The van der Waals surface area contributed by atoms with Crippen LogP contribution < -0.4 is 15.0 Å². The number of halogens is 3. The minimum atomic E-state index is -4.75. The largest absolute Gasteiger partial charge is 0.573 e. The van der Waals surface area contributed by atoms with Crippen LogP contribution in [0.4, 0.5) is 24.3 Å². The maximum atomic E-state index is 12.6. The van der Waals surface area contributed by atoms with Crippen molar-refractivity contribution < 1.29 is 22.7 Å². The van der Waals surface area contributed by atoms with Crippen LogP contribution in [-0.2, 0) is 4.79 Å². The number of hydrogen-bond acceptors (Lipinski definition) is 7. The van der Waals surface area contributed by atoms with Crippen molar-refractivity contribution in [3.63, 3.8) is 0 Å². The van der Waals surface area contributed by atoms with Gasteiger partial charge in [0.15, 0.2) is 5.13 Å². The highest BCUT2D eigenvalue weighted by molar-refractivity contribution is 7.22. The summed E-state index contributed by atoms with van der Waals surface area (Å²) in [6, 6.07) is 5.64. The van der Waals surface area contributed by atoms with Gasteiger partial charge in [0.1, 0.15) is 5.75 Å². The summed E-state index contributed by atoms with van der Waals surface area (Å²) in [5, 5.41) is 3.13. The van der Waals surface area contributed by atoms with Gasteiger partial charge in [-0.3, -0.25) is 4.79 Å². The van der Waals surface area contributed by atoms with Gasteiger partial charge >= 0.3 is 6.36 Å². The van der Waals surface area contributed by atoms with Gasteiger partial charge in [-0.05, 0) is 31.0 Å². The summed E-state index contributed by atoms with van der Waals surface area (Å²) in [6.45, 7) is 1.33. The monoisotopic (exact) mass is 423 g/mol. The molecular weight excluding hydrogens is 407 g/mol. The first kappa shape index (κ1) is 19.4. The maximum Gasteiger partial charge on any atom is 0.573 e. The number of amides is 1. The average molecular weight is 423 g/mol. The van der Waals surface area contributed by atoms with Crippen LogP contribution in [0.5, 0.6) is 5.75 Å². The molecule has 2 aromatic heterocycles. The van der Waals surface area contributed by atoms with E-state index in [0.717, 1.165) is 11.3 Å². The van der Waals surface area contributed by atoms with E-state index < -0.39 is 6.36 Å². The number of hydrogen-bond donors (Lipinski definition) is 1. The third-order valence-corrected chi connectivity index (χ3v) is 5.46. The number of benzene rings is 1. The number of fused-ring (bicyclic) bond motifs is 1. The molecule has 3 aromatic rings. The molecule has 7 nitrogen and oxygen atoms in total. The minimum Gasteiger partial charge on any atom is -0.406 e. The third-order valence-electron chi connectivity index (χ3n) is 4.52. The van der Waals surface area contributed by atoms with E-state index >= 15 is 0 Å². The Morgan fingerprint density at radius 1 is 1.21 bits per heavy atom. The lowest BCUT2D eigenvalue weighted by Gasteiger charge is -2.30. The molecular formula is C18H16F3N5O2S. The molecule has 1 N–H and O–H groups in total. The van der Waals surface area contributed by atoms with Crippen LogP contribution in [0.2, 0.25) is 0 Å². The molecule has 1 aliphatic rings. The summed E-state index contributed by atoms with van der Waals surface area (Å²) in [5.74, 6) is 0.00647. The van der Waals surface area contributed by atoms with E-state index in [0.29, 0.717) is 47.2 Å². The van der Waals surface area contributed by atoms with E-state index in [-0.39, 0.29) is 17.6 Å². The van der Waals surface area contributed by atoms with Crippen molar-refractivity contribution in [2.24, 2.45) is 5.92 Å². The van der Waals surface area contributed by atoms with Crippen molar-refractivity contribution in [2.45, 2.75) is 19.2 Å². The molecule has 0 bridgehead atoms. The van der Waals surface area contributed by atoms with E-state index in [9.17, 15) is 18.0 Å². The number of aromatic nitrogens is 3. The smallest absolute Gasteiger partial charge is 0.406 e. The molecule has 152 valence electrons. The zero-order valence-electron chi connectivity index (χ0n) is 15.0. The lowest BCUT2D eigenvalue weighted by Crippen LogP contribution is -2.38. The van der Waals surface area contributed by atoms with Gasteiger partial charge in [0.2, 0.25) is 11.9 Å². The lowest BCUT2D eigenvalue weighted by atomic mass is 9.96. The van der Waals surface area contributed by atoms with Crippen molar-refractivity contribution in [3.05, 3.63) is 36.7 Å². The Morgan fingerprint density at radius 2 is 1.93 bits per heavy atom. The quantitative estimate of drug-likeness (QED) is 0.687. The fourth-order valence-electron chi connectivity index (χ4n) is 3.16. The highest BCUT2D eigenvalue weighted by atomic mass is 32.1. The standard InChI is InChI=1S/C18H16F3N5O2S/c19-18(20,21)28-12-2-3-13-14(10-12)29-17(24-13)25-15(27)11-4-8-26(9-5-11)16-22-6-1-7-23-16/h1-3,6-7,10-11H,4-5,8-9H2,(H,24,25,27). The number of ether oxygens (including phenoxy) is 1. The molecule has 0 unspecified atom stereocenters. The number of nitrogens with one attached hydrogen (secondary N) is 1. The van der Waals surface area contributed by atoms with E-state index in [1.165, 1.54) is 18.2 Å². The van der Waals surface area contributed by atoms with Crippen LogP contribution in [0, 0.1) is 5.92 Å². The van der Waals surface area contributed by atoms with Crippen molar-refractivity contribution in [2.75, 3.05) is 23.3 Å². The molecule has 0 spiro atoms. The topological polar surface area (TPSA) is 80.2 Å². The number of thiazole rings is 1. The van der Waals surface area contributed by atoms with Gasteiger partial charge in [0, 0.05) is 37.5 Å². The number of anilines is 2. The minimum absolute atomic E-state index is 0.149. The zero-order valence-corrected chi connectivity index (χ0v) is 15.8. The van der Waals surface area contributed by atoms with Gasteiger partial charge in [0.05, 0.1) is 10.2 Å². The molecule has 11 heteroatoms. The van der Waals surface area contributed by atoms with Gasteiger partial charge in [-0.1, -0.05) is 11.3 Å². The fourth-order valence-corrected chi connectivity index (χ4v) is 4.06. The Hall–Kier alpha value is -2.95. The first-order valence-corrected chi connectivity index (χ1v) is 9.68. The van der Waals surface area contributed by atoms with Crippen LogP contribution >= 0.6 is 11.3 Å². The number of carbonyl (C=O) groups excluding carboxylic acids is 1. The van der Waals surface area contributed by atoms with E-state index in [1.807, 2.05) is 4.90 Å². The highest BCUT2D eigenvalue weighted by Gasteiger charge is 2.31. The lowest BCUT2D eigenvalue weighted by molar-refractivity contribution is -0.274. The van der Waals surface area contributed by atoms with E-state index in [2.05, 4.69) is 25.0 Å². The summed E-state index contributed by atoms with van der Waals surface area (Å²) in [5.41, 5.74) is 0.496. The molecule has 0 atom stereocenters. The molecule has 1 fully saturated rings. The zero-order chi connectivity index (χ0) is 20.4. The van der Waals surface area contributed by atoms with Gasteiger partial charge < -0.3 is 15.0 Å². The SMILES string of the molecule is O=C(Nc1nc2ccc(OC(F)(F)F)cc2s1)C1CCN(c2ncccn2)CC1. The Labute approximate surface area is 167 Å². The summed E-state index contributed by atoms with van der Waals surface area (Å²) in [7, 11) is 0. The van der Waals surface area contributed by atoms with Gasteiger partial charge in [-0.15, -0.1) is 13.2 Å². The summed E-state index contributed by atoms with van der Waals surface area (Å²) in [4.78, 5) is 27.3. The van der Waals surface area contributed by atoms with Crippen LogP contribution in [-0.4, -0.2) is 40.3 Å². The molecule has 0 saturated carbocycles. The predicted molar refractivity (Wildman–Crippen MR) is 102 cm³/mol. The molecule has 29 heavy (non-hydrogen) atoms. The van der Waals surface area contributed by atoms with Gasteiger partial charge in [-0.25, -0.2) is 15.0 Å². The highest BCUT2D eigenvalue weighted by Crippen LogP contribution is 2.32.